The molecular formula is C33H31Cl2F2N3O5. The van der Waals surface area contributed by atoms with E-state index in [9.17, 15) is 25.1 Å². The maximum atomic E-state index is 16.1. The van der Waals surface area contributed by atoms with Gasteiger partial charge in [0.25, 0.3) is 0 Å². The lowest BCUT2D eigenvalue weighted by Crippen LogP contribution is -2.53. The minimum absolute atomic E-state index is 0.0519. The number of ether oxygens (including phenoxy) is 1. The van der Waals surface area contributed by atoms with Crippen LogP contribution in [0.15, 0.2) is 54.6 Å². The van der Waals surface area contributed by atoms with Crippen molar-refractivity contribution >= 4 is 40.8 Å². The molecule has 12 heteroatoms. The summed E-state index contributed by atoms with van der Waals surface area (Å²) in [6.45, 7) is 5.15. The first-order valence-electron chi connectivity index (χ1n) is 14.1. The topological polar surface area (TPSA) is 114 Å². The number of hydrogen-bond donors (Lipinski definition) is 2. The van der Waals surface area contributed by atoms with Crippen LogP contribution in [0.4, 0.5) is 14.5 Å². The lowest BCUT2D eigenvalue weighted by atomic mass is 9.62. The smallest absolute Gasteiger partial charge is 0.335 e. The van der Waals surface area contributed by atoms with Gasteiger partial charge in [0.1, 0.15) is 35.0 Å². The van der Waals surface area contributed by atoms with Crippen LogP contribution in [0.1, 0.15) is 54.6 Å². The fourth-order valence-electron chi connectivity index (χ4n) is 7.01. The molecule has 45 heavy (non-hydrogen) atoms. The summed E-state index contributed by atoms with van der Waals surface area (Å²) < 4.78 is 37.6. The SMILES string of the molecule is COc1cc(C(=O)O)ccc1N1C(=O)[C@H]2[C@H](c3cccc(Cl)c3F)[C@@](C#N)(c3ccc(Cl)cc3F)[C@H](CC(C)(C)C)N2[C@@H]1CO. The molecule has 1 amide bonds. The van der Waals surface area contributed by atoms with Crippen molar-refractivity contribution in [3.63, 3.8) is 0 Å². The Balaban J connectivity index is 1.85. The van der Waals surface area contributed by atoms with E-state index in [1.54, 1.807) is 4.90 Å². The van der Waals surface area contributed by atoms with Crippen LogP contribution in [0.3, 0.4) is 0 Å². The molecule has 2 N–H and O–H groups in total. The predicted octanol–water partition coefficient (Wildman–Crippen LogP) is 6.38. The van der Waals surface area contributed by atoms with Gasteiger partial charge in [0, 0.05) is 22.5 Å². The molecule has 0 radical (unpaired) electrons. The lowest BCUT2D eigenvalue weighted by Gasteiger charge is -2.42. The zero-order chi connectivity index (χ0) is 33.0. The molecule has 0 unspecified atom stereocenters. The minimum Gasteiger partial charge on any atom is -0.495 e. The molecule has 5 atom stereocenters. The Morgan fingerprint density at radius 1 is 1.13 bits per heavy atom. The molecule has 3 aromatic rings. The third kappa shape index (κ3) is 5.22. The van der Waals surface area contributed by atoms with E-state index >= 15 is 8.78 Å². The molecule has 2 fully saturated rings. The summed E-state index contributed by atoms with van der Waals surface area (Å²) in [6.07, 6.45) is -0.889. The summed E-state index contributed by atoms with van der Waals surface area (Å²) in [5.74, 6) is -4.74. The van der Waals surface area contributed by atoms with Crippen molar-refractivity contribution in [1.29, 1.82) is 5.26 Å². The minimum atomic E-state index is -1.86. The van der Waals surface area contributed by atoms with E-state index in [1.165, 1.54) is 60.5 Å². The van der Waals surface area contributed by atoms with Crippen LogP contribution in [0.25, 0.3) is 0 Å². The second-order valence-electron chi connectivity index (χ2n) is 12.5. The van der Waals surface area contributed by atoms with E-state index in [2.05, 4.69) is 6.07 Å². The zero-order valence-electron chi connectivity index (χ0n) is 24.9. The van der Waals surface area contributed by atoms with E-state index in [-0.39, 0.29) is 44.6 Å². The third-order valence-electron chi connectivity index (χ3n) is 8.68. The number of carbonyl (C=O) groups is 2. The normalized spacial score (nSPS) is 24.9. The van der Waals surface area contributed by atoms with E-state index in [0.717, 1.165) is 6.07 Å². The number of aliphatic hydroxyl groups excluding tert-OH is 1. The van der Waals surface area contributed by atoms with Gasteiger partial charge >= 0.3 is 5.97 Å². The van der Waals surface area contributed by atoms with Crippen LogP contribution >= 0.6 is 23.2 Å². The van der Waals surface area contributed by atoms with Crippen molar-refractivity contribution in [3.8, 4) is 11.8 Å². The standard InChI is InChI=1S/C33H31Cl2F2N3O5/c1-32(2,3)14-25-33(16-38,20-10-9-18(34)13-22(20)36)27(19-6-5-7-21(35)28(19)37)29-30(42)39(26(15-41)40(25)29)23-11-8-17(31(43)44)12-24(23)45-4/h5-13,25-27,29,41H,14-15H2,1-4H3,(H,43,44)/t25-,26+,27-,29+,33-/m0/s1. The Hall–Kier alpha value is -3.75. The highest BCUT2D eigenvalue weighted by molar-refractivity contribution is 6.31. The molecule has 2 saturated heterocycles. The summed E-state index contributed by atoms with van der Waals surface area (Å²) in [4.78, 5) is 29.3. The van der Waals surface area contributed by atoms with Gasteiger partial charge in [-0.05, 0) is 53.8 Å². The lowest BCUT2D eigenvalue weighted by molar-refractivity contribution is -0.119. The van der Waals surface area contributed by atoms with Gasteiger partial charge in [0.05, 0.1) is 36.1 Å². The Kier molecular flexibility index (Phi) is 8.62. The van der Waals surface area contributed by atoms with E-state index in [0.29, 0.717) is 0 Å². The monoisotopic (exact) mass is 657 g/mol. The second kappa shape index (κ2) is 11.9. The number of hydrogen-bond acceptors (Lipinski definition) is 6. The van der Waals surface area contributed by atoms with Crippen molar-refractivity contribution in [2.24, 2.45) is 5.41 Å². The Morgan fingerprint density at radius 3 is 2.42 bits per heavy atom. The number of aliphatic hydroxyl groups is 1. The first kappa shape index (κ1) is 32.6. The highest BCUT2D eigenvalue weighted by Crippen LogP contribution is 2.60. The number of rotatable bonds is 7. The summed E-state index contributed by atoms with van der Waals surface area (Å²) >= 11 is 12.4. The molecule has 5 rings (SSSR count). The fourth-order valence-corrected chi connectivity index (χ4v) is 7.35. The predicted molar refractivity (Wildman–Crippen MR) is 165 cm³/mol. The number of carboxylic acid groups (broad SMARTS) is 1. The van der Waals surface area contributed by atoms with E-state index < -0.39 is 65.1 Å². The summed E-state index contributed by atoms with van der Waals surface area (Å²) in [5, 5.41) is 31.5. The molecule has 2 aliphatic heterocycles. The molecule has 0 saturated carbocycles. The maximum Gasteiger partial charge on any atom is 0.335 e. The van der Waals surface area contributed by atoms with Gasteiger partial charge in [-0.15, -0.1) is 0 Å². The molecular weight excluding hydrogens is 627 g/mol. The van der Waals surface area contributed by atoms with Crippen molar-refractivity contribution in [3.05, 3.63) is 93.0 Å². The third-order valence-corrected chi connectivity index (χ3v) is 9.21. The largest absolute Gasteiger partial charge is 0.495 e. The van der Waals surface area contributed by atoms with Gasteiger partial charge in [-0.25, -0.2) is 13.6 Å². The maximum absolute atomic E-state index is 16.1. The van der Waals surface area contributed by atoms with Crippen LogP contribution in [0, 0.1) is 28.4 Å². The molecule has 236 valence electrons. The van der Waals surface area contributed by atoms with Crippen molar-refractivity contribution in [1.82, 2.24) is 4.90 Å². The zero-order valence-corrected chi connectivity index (χ0v) is 26.4. The van der Waals surface area contributed by atoms with Crippen molar-refractivity contribution in [2.45, 2.75) is 56.8 Å². The molecule has 0 spiro atoms. The van der Waals surface area contributed by atoms with Gasteiger partial charge in [-0.1, -0.05) is 62.2 Å². The first-order chi connectivity index (χ1) is 21.2. The number of halogens is 4. The Labute approximate surface area is 269 Å². The number of benzene rings is 3. The number of carbonyl (C=O) groups excluding carboxylic acids is 1. The van der Waals surface area contributed by atoms with Crippen LogP contribution in [0.5, 0.6) is 5.75 Å². The van der Waals surface area contributed by atoms with Gasteiger partial charge in [0.2, 0.25) is 5.91 Å². The molecule has 0 aliphatic carbocycles. The molecule has 0 aromatic heterocycles. The van der Waals surface area contributed by atoms with Crippen molar-refractivity contribution < 1.29 is 33.3 Å². The number of nitriles is 1. The van der Waals surface area contributed by atoms with Crippen LogP contribution < -0.4 is 9.64 Å². The fraction of sp³-hybridized carbons (Fsp3) is 0.364. The Morgan fingerprint density at radius 2 is 1.84 bits per heavy atom. The summed E-state index contributed by atoms with van der Waals surface area (Å²) in [6, 6.07) is 12.2. The number of amides is 1. The highest BCUT2D eigenvalue weighted by Gasteiger charge is 2.70. The number of fused-ring (bicyclic) bond motifs is 1. The van der Waals surface area contributed by atoms with Crippen molar-refractivity contribution in [2.75, 3.05) is 18.6 Å². The molecule has 2 aliphatic rings. The number of carboxylic acids is 1. The van der Waals surface area contributed by atoms with Crippen LogP contribution in [-0.2, 0) is 10.2 Å². The Bertz CT molecular complexity index is 1730. The molecule has 3 aromatic carbocycles. The number of anilines is 1. The molecule has 8 nitrogen and oxygen atoms in total. The average molecular weight is 659 g/mol. The summed E-state index contributed by atoms with van der Waals surface area (Å²) in [7, 11) is 1.32. The first-order valence-corrected chi connectivity index (χ1v) is 14.9. The quantitative estimate of drug-likeness (QED) is 0.303. The summed E-state index contributed by atoms with van der Waals surface area (Å²) in [5.41, 5.74) is -2.41. The van der Waals surface area contributed by atoms with Gasteiger partial charge in [0.15, 0.2) is 0 Å². The molecule has 0 bridgehead atoms. The number of nitrogens with zero attached hydrogens (tertiary/aromatic N) is 3. The van der Waals surface area contributed by atoms with E-state index in [1.807, 2.05) is 20.8 Å². The van der Waals surface area contributed by atoms with Gasteiger partial charge in [-0.2, -0.15) is 5.26 Å². The van der Waals surface area contributed by atoms with Gasteiger partial charge in [-0.3, -0.25) is 14.6 Å². The number of methoxy groups -OCH3 is 1. The second-order valence-corrected chi connectivity index (χ2v) is 13.3. The number of aromatic carboxylic acids is 1. The average Bonchev–Trinajstić information content (AvgIpc) is 3.42. The van der Waals surface area contributed by atoms with Crippen LogP contribution in [-0.4, -0.2) is 59.0 Å². The van der Waals surface area contributed by atoms with E-state index in [4.69, 9.17) is 27.9 Å². The molecule has 2 heterocycles. The highest BCUT2D eigenvalue weighted by atomic mass is 35.5. The van der Waals surface area contributed by atoms with Crippen LogP contribution in [0.2, 0.25) is 10.0 Å². The van der Waals surface area contributed by atoms with Gasteiger partial charge < -0.3 is 14.9 Å².